The van der Waals surface area contributed by atoms with E-state index in [1.54, 1.807) is 12.1 Å². The Labute approximate surface area is 108 Å². The Kier molecular flexibility index (Phi) is 2.89. The minimum atomic E-state index is -0.931. The predicted octanol–water partition coefficient (Wildman–Crippen LogP) is 1.83. The van der Waals surface area contributed by atoms with Crippen molar-refractivity contribution in [2.75, 3.05) is 31.2 Å². The van der Waals surface area contributed by atoms with Gasteiger partial charge >= 0.3 is 5.97 Å². The predicted molar refractivity (Wildman–Crippen MR) is 69.6 cm³/mol. The Balaban J connectivity index is 2.04. The quantitative estimate of drug-likeness (QED) is 0.896. The molecule has 1 aromatic heterocycles. The zero-order valence-corrected chi connectivity index (χ0v) is 10.4. The first kappa shape index (κ1) is 11.4. The van der Waals surface area contributed by atoms with E-state index in [1.165, 1.54) is 11.3 Å². The highest BCUT2D eigenvalue weighted by Crippen LogP contribution is 2.31. The fourth-order valence-electron chi connectivity index (χ4n) is 2.00. The van der Waals surface area contributed by atoms with Crippen LogP contribution in [0.3, 0.4) is 0 Å². The molecule has 0 saturated carbocycles. The van der Waals surface area contributed by atoms with E-state index < -0.39 is 5.97 Å². The number of carbonyl (C=O) groups is 1. The maximum absolute atomic E-state index is 11.1. The lowest BCUT2D eigenvalue weighted by molar-refractivity contribution is 0.0699. The SMILES string of the molecule is O=C(O)c1cccc2sc(N3CCOCC3)nc12. The zero-order valence-electron chi connectivity index (χ0n) is 9.63. The Morgan fingerprint density at radius 1 is 1.39 bits per heavy atom. The van der Waals surface area contributed by atoms with Gasteiger partial charge in [-0.05, 0) is 12.1 Å². The number of hydrogen-bond donors (Lipinski definition) is 1. The van der Waals surface area contributed by atoms with E-state index in [-0.39, 0.29) is 5.56 Å². The molecular formula is C12H12N2O3S. The number of aromatic nitrogens is 1. The lowest BCUT2D eigenvalue weighted by Crippen LogP contribution is -2.36. The molecule has 0 bridgehead atoms. The second kappa shape index (κ2) is 4.55. The summed E-state index contributed by atoms with van der Waals surface area (Å²) in [6.07, 6.45) is 0. The molecule has 1 aliphatic rings. The number of ether oxygens (including phenoxy) is 1. The van der Waals surface area contributed by atoms with Gasteiger partial charge in [0.1, 0.15) is 0 Å². The van der Waals surface area contributed by atoms with Crippen molar-refractivity contribution in [1.29, 1.82) is 0 Å². The number of anilines is 1. The number of benzene rings is 1. The summed E-state index contributed by atoms with van der Waals surface area (Å²) in [5.41, 5.74) is 0.847. The number of carboxylic acids is 1. The van der Waals surface area contributed by atoms with Crippen LogP contribution in [0.2, 0.25) is 0 Å². The topological polar surface area (TPSA) is 62.7 Å². The summed E-state index contributed by atoms with van der Waals surface area (Å²) >= 11 is 1.53. The highest BCUT2D eigenvalue weighted by Gasteiger charge is 2.18. The van der Waals surface area contributed by atoms with Crippen molar-refractivity contribution in [2.45, 2.75) is 0 Å². The van der Waals surface area contributed by atoms with Crippen molar-refractivity contribution in [3.8, 4) is 0 Å². The standard InChI is InChI=1S/C12H12N2O3S/c15-11(16)8-2-1-3-9-10(8)13-12(18-9)14-4-6-17-7-5-14/h1-3H,4-7H2,(H,15,16). The first-order chi connectivity index (χ1) is 8.75. The summed E-state index contributed by atoms with van der Waals surface area (Å²) < 4.78 is 6.21. The Hall–Kier alpha value is -1.66. The lowest BCUT2D eigenvalue weighted by Gasteiger charge is -2.25. The molecular weight excluding hydrogens is 252 g/mol. The summed E-state index contributed by atoms with van der Waals surface area (Å²) in [5, 5.41) is 10.0. The van der Waals surface area contributed by atoms with Gasteiger partial charge in [-0.25, -0.2) is 9.78 Å². The third-order valence-corrected chi connectivity index (χ3v) is 4.00. The van der Waals surface area contributed by atoms with E-state index in [4.69, 9.17) is 9.84 Å². The van der Waals surface area contributed by atoms with Crippen molar-refractivity contribution in [1.82, 2.24) is 4.98 Å². The van der Waals surface area contributed by atoms with Crippen molar-refractivity contribution in [2.24, 2.45) is 0 Å². The van der Waals surface area contributed by atoms with E-state index in [0.29, 0.717) is 18.7 Å². The summed E-state index contributed by atoms with van der Waals surface area (Å²) in [6, 6.07) is 5.25. The smallest absolute Gasteiger partial charge is 0.337 e. The van der Waals surface area contributed by atoms with Gasteiger partial charge in [0.25, 0.3) is 0 Å². The van der Waals surface area contributed by atoms with Crippen LogP contribution in [0, 0.1) is 0 Å². The van der Waals surface area contributed by atoms with Crippen LogP contribution in [-0.2, 0) is 4.74 Å². The van der Waals surface area contributed by atoms with Crippen LogP contribution in [0.4, 0.5) is 5.13 Å². The molecule has 1 N–H and O–H groups in total. The maximum Gasteiger partial charge on any atom is 0.337 e. The molecule has 0 atom stereocenters. The molecule has 0 aliphatic carbocycles. The van der Waals surface area contributed by atoms with Crippen LogP contribution >= 0.6 is 11.3 Å². The fourth-order valence-corrected chi connectivity index (χ4v) is 3.04. The largest absolute Gasteiger partial charge is 0.478 e. The first-order valence-corrected chi connectivity index (χ1v) is 6.53. The number of hydrogen-bond acceptors (Lipinski definition) is 5. The minimum Gasteiger partial charge on any atom is -0.478 e. The van der Waals surface area contributed by atoms with Gasteiger partial charge < -0.3 is 14.7 Å². The molecule has 1 aliphatic heterocycles. The molecule has 0 spiro atoms. The zero-order chi connectivity index (χ0) is 12.5. The number of rotatable bonds is 2. The lowest BCUT2D eigenvalue weighted by atomic mass is 10.2. The highest BCUT2D eigenvalue weighted by molar-refractivity contribution is 7.22. The number of thiazole rings is 1. The van der Waals surface area contributed by atoms with Crippen molar-refractivity contribution in [3.05, 3.63) is 23.8 Å². The summed E-state index contributed by atoms with van der Waals surface area (Å²) in [7, 11) is 0. The molecule has 0 radical (unpaired) electrons. The Bertz CT molecular complexity index is 590. The van der Waals surface area contributed by atoms with Crippen molar-refractivity contribution in [3.63, 3.8) is 0 Å². The van der Waals surface area contributed by atoms with Crippen LogP contribution in [-0.4, -0.2) is 42.4 Å². The maximum atomic E-state index is 11.1. The molecule has 3 rings (SSSR count). The van der Waals surface area contributed by atoms with Gasteiger partial charge in [0, 0.05) is 13.1 Å². The molecule has 0 amide bonds. The van der Waals surface area contributed by atoms with Crippen LogP contribution < -0.4 is 4.90 Å². The van der Waals surface area contributed by atoms with Gasteiger partial charge in [0.05, 0.1) is 29.0 Å². The Morgan fingerprint density at radius 2 is 2.17 bits per heavy atom. The summed E-state index contributed by atoms with van der Waals surface area (Å²) in [6.45, 7) is 3.01. The van der Waals surface area contributed by atoms with Gasteiger partial charge in [0.15, 0.2) is 5.13 Å². The molecule has 0 unspecified atom stereocenters. The van der Waals surface area contributed by atoms with E-state index in [9.17, 15) is 4.79 Å². The van der Waals surface area contributed by atoms with Gasteiger partial charge in [0.2, 0.25) is 0 Å². The van der Waals surface area contributed by atoms with Crippen LogP contribution in [0.1, 0.15) is 10.4 Å². The fraction of sp³-hybridized carbons (Fsp3) is 0.333. The molecule has 1 saturated heterocycles. The van der Waals surface area contributed by atoms with Gasteiger partial charge in [-0.1, -0.05) is 17.4 Å². The average molecular weight is 264 g/mol. The average Bonchev–Trinajstić information content (AvgIpc) is 2.83. The Morgan fingerprint density at radius 3 is 2.89 bits per heavy atom. The third kappa shape index (κ3) is 1.93. The molecule has 94 valence electrons. The molecule has 6 heteroatoms. The van der Waals surface area contributed by atoms with E-state index >= 15 is 0 Å². The van der Waals surface area contributed by atoms with Gasteiger partial charge in [-0.3, -0.25) is 0 Å². The summed E-state index contributed by atoms with van der Waals surface area (Å²) in [4.78, 5) is 17.7. The van der Waals surface area contributed by atoms with Crippen LogP contribution in [0.25, 0.3) is 10.2 Å². The van der Waals surface area contributed by atoms with E-state index in [0.717, 1.165) is 22.9 Å². The molecule has 18 heavy (non-hydrogen) atoms. The molecule has 5 nitrogen and oxygen atoms in total. The monoisotopic (exact) mass is 264 g/mol. The first-order valence-electron chi connectivity index (χ1n) is 5.71. The van der Waals surface area contributed by atoms with Gasteiger partial charge in [-0.2, -0.15) is 0 Å². The van der Waals surface area contributed by atoms with Crippen LogP contribution in [0.5, 0.6) is 0 Å². The summed E-state index contributed by atoms with van der Waals surface area (Å²) in [5.74, 6) is -0.931. The molecule has 1 fully saturated rings. The second-order valence-electron chi connectivity index (χ2n) is 4.05. The number of morpholine rings is 1. The van der Waals surface area contributed by atoms with Crippen LogP contribution in [0.15, 0.2) is 18.2 Å². The van der Waals surface area contributed by atoms with E-state index in [2.05, 4.69) is 9.88 Å². The number of fused-ring (bicyclic) bond motifs is 1. The number of nitrogens with zero attached hydrogens (tertiary/aromatic N) is 2. The molecule has 2 aromatic rings. The highest BCUT2D eigenvalue weighted by atomic mass is 32.1. The second-order valence-corrected chi connectivity index (χ2v) is 5.06. The number of para-hydroxylation sites is 1. The third-order valence-electron chi connectivity index (χ3n) is 2.92. The number of aromatic carboxylic acids is 1. The molecule has 1 aromatic carbocycles. The molecule has 2 heterocycles. The number of carboxylic acid groups (broad SMARTS) is 1. The van der Waals surface area contributed by atoms with Gasteiger partial charge in [-0.15, -0.1) is 0 Å². The van der Waals surface area contributed by atoms with Crippen molar-refractivity contribution < 1.29 is 14.6 Å². The normalized spacial score (nSPS) is 16.1. The van der Waals surface area contributed by atoms with E-state index in [1.807, 2.05) is 6.07 Å². The minimum absolute atomic E-state index is 0.267. The van der Waals surface area contributed by atoms with Crippen molar-refractivity contribution >= 4 is 32.7 Å².